The molecule has 0 saturated heterocycles. The molecule has 0 amide bonds. The minimum absolute atomic E-state index is 0.506. The third-order valence-corrected chi connectivity index (χ3v) is 3.34. The molecular weight excluding hydrogens is 334 g/mol. The van der Waals surface area contributed by atoms with E-state index in [4.69, 9.17) is 9.47 Å². The minimum Gasteiger partial charge on any atom is -0.497 e. The Morgan fingerprint density at radius 3 is 2.71 bits per heavy atom. The molecule has 2 aromatic rings. The van der Waals surface area contributed by atoms with Crippen molar-refractivity contribution in [1.82, 2.24) is 9.97 Å². The molecule has 0 atom stereocenters. The first-order chi connectivity index (χ1) is 10.1. The number of anilines is 1. The molecule has 0 unspecified atom stereocenters. The molecule has 112 valence electrons. The third-order valence-electron chi connectivity index (χ3n) is 2.72. The van der Waals surface area contributed by atoms with Gasteiger partial charge >= 0.3 is 0 Å². The number of ether oxygens (including phenoxy) is 2. The fourth-order valence-corrected chi connectivity index (χ4v) is 2.18. The van der Waals surface area contributed by atoms with Gasteiger partial charge in [-0.3, -0.25) is 0 Å². The summed E-state index contributed by atoms with van der Waals surface area (Å²) in [4.78, 5) is 8.62. The topological polar surface area (TPSA) is 56.3 Å². The standard InChI is InChI=1S/C15H18BrN3O2/c1-4-7-17-14-9-15(19-10(2)18-14)21-13-6-5-11(20-3)8-12(13)16/h5-6,8-9H,4,7H2,1-3H3,(H,17,18,19). The average Bonchev–Trinajstić information content (AvgIpc) is 2.46. The van der Waals surface area contributed by atoms with Crippen LogP contribution in [0.1, 0.15) is 19.2 Å². The van der Waals surface area contributed by atoms with Crippen LogP contribution in [0.25, 0.3) is 0 Å². The van der Waals surface area contributed by atoms with Crippen LogP contribution in [0.15, 0.2) is 28.7 Å². The van der Waals surface area contributed by atoms with Gasteiger partial charge in [0.05, 0.1) is 11.6 Å². The molecule has 2 rings (SSSR count). The fourth-order valence-electron chi connectivity index (χ4n) is 1.74. The van der Waals surface area contributed by atoms with Crippen LogP contribution >= 0.6 is 15.9 Å². The molecule has 0 aliphatic heterocycles. The fraction of sp³-hybridized carbons (Fsp3) is 0.333. The Labute approximate surface area is 132 Å². The number of aryl methyl sites for hydroxylation is 1. The van der Waals surface area contributed by atoms with Gasteiger partial charge in [0, 0.05) is 12.6 Å². The van der Waals surface area contributed by atoms with Crippen molar-refractivity contribution in [2.24, 2.45) is 0 Å². The van der Waals surface area contributed by atoms with Crippen molar-refractivity contribution in [2.45, 2.75) is 20.3 Å². The van der Waals surface area contributed by atoms with Crippen LogP contribution < -0.4 is 14.8 Å². The van der Waals surface area contributed by atoms with E-state index in [1.807, 2.05) is 25.1 Å². The highest BCUT2D eigenvalue weighted by molar-refractivity contribution is 9.10. The molecule has 1 N–H and O–H groups in total. The van der Waals surface area contributed by atoms with Crippen molar-refractivity contribution in [3.05, 3.63) is 34.6 Å². The van der Waals surface area contributed by atoms with Crippen molar-refractivity contribution in [2.75, 3.05) is 19.0 Å². The van der Waals surface area contributed by atoms with Gasteiger partial charge in [-0.05, 0) is 47.5 Å². The molecule has 0 bridgehead atoms. The van der Waals surface area contributed by atoms with Crippen molar-refractivity contribution in [3.8, 4) is 17.4 Å². The second-order valence-corrected chi connectivity index (χ2v) is 5.32. The lowest BCUT2D eigenvalue weighted by molar-refractivity contribution is 0.411. The summed E-state index contributed by atoms with van der Waals surface area (Å²) in [7, 11) is 1.63. The van der Waals surface area contributed by atoms with Crippen molar-refractivity contribution >= 4 is 21.7 Å². The first-order valence-electron chi connectivity index (χ1n) is 6.73. The van der Waals surface area contributed by atoms with Crippen LogP contribution in [0, 0.1) is 6.92 Å². The number of benzene rings is 1. The molecule has 5 nitrogen and oxygen atoms in total. The summed E-state index contributed by atoms with van der Waals surface area (Å²) < 4.78 is 11.8. The maximum absolute atomic E-state index is 5.82. The molecule has 1 aromatic carbocycles. The molecule has 0 saturated carbocycles. The first-order valence-corrected chi connectivity index (χ1v) is 7.52. The van der Waals surface area contributed by atoms with Gasteiger partial charge in [-0.1, -0.05) is 6.92 Å². The van der Waals surface area contributed by atoms with E-state index in [-0.39, 0.29) is 0 Å². The molecule has 6 heteroatoms. The Balaban J connectivity index is 2.20. The number of halogens is 1. The van der Waals surface area contributed by atoms with Gasteiger partial charge < -0.3 is 14.8 Å². The molecular formula is C15H18BrN3O2. The summed E-state index contributed by atoms with van der Waals surface area (Å²) in [6, 6.07) is 7.31. The van der Waals surface area contributed by atoms with Gasteiger partial charge in [-0.15, -0.1) is 0 Å². The molecule has 1 aromatic heterocycles. The smallest absolute Gasteiger partial charge is 0.224 e. The summed E-state index contributed by atoms with van der Waals surface area (Å²) in [5, 5.41) is 3.23. The predicted molar refractivity (Wildman–Crippen MR) is 86.3 cm³/mol. The SMILES string of the molecule is CCCNc1cc(Oc2ccc(OC)cc2Br)nc(C)n1. The molecule has 0 radical (unpaired) electrons. The second kappa shape index (κ2) is 7.26. The van der Waals surface area contributed by atoms with Crippen LogP contribution in [0.5, 0.6) is 17.4 Å². The largest absolute Gasteiger partial charge is 0.497 e. The molecule has 0 fully saturated rings. The Hall–Kier alpha value is -1.82. The van der Waals surface area contributed by atoms with Crippen LogP contribution in [-0.4, -0.2) is 23.6 Å². The zero-order valence-corrected chi connectivity index (χ0v) is 13.9. The number of hydrogen-bond acceptors (Lipinski definition) is 5. The molecule has 0 aliphatic rings. The van der Waals surface area contributed by atoms with Crippen LogP contribution in [0.2, 0.25) is 0 Å². The highest BCUT2D eigenvalue weighted by atomic mass is 79.9. The van der Waals surface area contributed by atoms with E-state index in [0.29, 0.717) is 17.5 Å². The molecule has 21 heavy (non-hydrogen) atoms. The van der Waals surface area contributed by atoms with E-state index < -0.39 is 0 Å². The lowest BCUT2D eigenvalue weighted by Crippen LogP contribution is -2.04. The maximum Gasteiger partial charge on any atom is 0.224 e. The van der Waals surface area contributed by atoms with Gasteiger partial charge in [0.1, 0.15) is 23.1 Å². The van der Waals surface area contributed by atoms with Crippen molar-refractivity contribution in [1.29, 1.82) is 0 Å². The van der Waals surface area contributed by atoms with Gasteiger partial charge in [0.15, 0.2) is 0 Å². The Kier molecular flexibility index (Phi) is 5.38. The van der Waals surface area contributed by atoms with Gasteiger partial charge in [-0.25, -0.2) is 4.98 Å². The summed E-state index contributed by atoms with van der Waals surface area (Å²) in [5.41, 5.74) is 0. The van der Waals surface area contributed by atoms with Gasteiger partial charge in [-0.2, -0.15) is 4.98 Å². The summed E-state index contributed by atoms with van der Waals surface area (Å²) in [5.74, 6) is 3.38. The first kappa shape index (κ1) is 15.6. The van der Waals surface area contributed by atoms with E-state index in [9.17, 15) is 0 Å². The minimum atomic E-state index is 0.506. The zero-order chi connectivity index (χ0) is 15.2. The van der Waals surface area contributed by atoms with Gasteiger partial charge in [0.25, 0.3) is 0 Å². The Morgan fingerprint density at radius 1 is 1.24 bits per heavy atom. The van der Waals surface area contributed by atoms with Crippen LogP contribution in [-0.2, 0) is 0 Å². The summed E-state index contributed by atoms with van der Waals surface area (Å²) in [6.45, 7) is 4.81. The van der Waals surface area contributed by atoms with Crippen molar-refractivity contribution in [3.63, 3.8) is 0 Å². The third kappa shape index (κ3) is 4.32. The average molecular weight is 352 g/mol. The summed E-state index contributed by atoms with van der Waals surface area (Å²) >= 11 is 3.46. The highest BCUT2D eigenvalue weighted by Crippen LogP contribution is 2.32. The monoisotopic (exact) mass is 351 g/mol. The number of aromatic nitrogens is 2. The second-order valence-electron chi connectivity index (χ2n) is 4.46. The van der Waals surface area contributed by atoms with E-state index >= 15 is 0 Å². The lowest BCUT2D eigenvalue weighted by atomic mass is 10.3. The summed E-state index contributed by atoms with van der Waals surface area (Å²) in [6.07, 6.45) is 1.03. The highest BCUT2D eigenvalue weighted by Gasteiger charge is 2.08. The number of rotatable bonds is 6. The predicted octanol–water partition coefficient (Wildman–Crippen LogP) is 4.17. The number of nitrogens with zero attached hydrogens (tertiary/aromatic N) is 2. The number of methoxy groups -OCH3 is 1. The van der Waals surface area contributed by atoms with Gasteiger partial charge in [0.2, 0.25) is 5.88 Å². The van der Waals surface area contributed by atoms with E-state index in [1.54, 1.807) is 13.2 Å². The lowest BCUT2D eigenvalue weighted by Gasteiger charge is -2.10. The molecule has 1 heterocycles. The zero-order valence-electron chi connectivity index (χ0n) is 12.3. The number of nitrogens with one attached hydrogen (secondary N) is 1. The molecule has 0 aliphatic carbocycles. The molecule has 0 spiro atoms. The van der Waals surface area contributed by atoms with Crippen molar-refractivity contribution < 1.29 is 9.47 Å². The quantitative estimate of drug-likeness (QED) is 0.846. The van der Waals surface area contributed by atoms with E-state index in [1.165, 1.54) is 0 Å². The van der Waals surface area contributed by atoms with Crippen LogP contribution in [0.4, 0.5) is 5.82 Å². The Bertz CT molecular complexity index is 620. The Morgan fingerprint density at radius 2 is 2.05 bits per heavy atom. The number of hydrogen-bond donors (Lipinski definition) is 1. The van der Waals surface area contributed by atoms with E-state index in [2.05, 4.69) is 38.1 Å². The maximum atomic E-state index is 5.82. The normalized spacial score (nSPS) is 10.3. The van der Waals surface area contributed by atoms with E-state index in [0.717, 1.165) is 29.0 Å². The van der Waals surface area contributed by atoms with Crippen LogP contribution in [0.3, 0.4) is 0 Å².